The average molecular weight is 291 g/mol. The molecule has 0 saturated carbocycles. The Labute approximate surface area is 120 Å². The summed E-state index contributed by atoms with van der Waals surface area (Å²) in [5.41, 5.74) is 0.750. The fourth-order valence-corrected chi connectivity index (χ4v) is 3.38. The Morgan fingerprint density at radius 3 is 2.80 bits per heavy atom. The van der Waals surface area contributed by atoms with Crippen molar-refractivity contribution in [1.29, 1.82) is 0 Å². The van der Waals surface area contributed by atoms with Crippen LogP contribution in [0.5, 0.6) is 0 Å². The molecule has 5 nitrogen and oxygen atoms in total. The summed E-state index contributed by atoms with van der Waals surface area (Å²) >= 11 is 1.41. The second kappa shape index (κ2) is 5.01. The number of fused-ring (bicyclic) bond motifs is 1. The number of aryl methyl sites for hydroxylation is 1. The van der Waals surface area contributed by atoms with Gasteiger partial charge >= 0.3 is 0 Å². The molecule has 0 bridgehead atoms. The third kappa shape index (κ3) is 2.14. The van der Waals surface area contributed by atoms with Gasteiger partial charge in [0.25, 0.3) is 11.5 Å². The van der Waals surface area contributed by atoms with Crippen LogP contribution in [0.25, 0.3) is 4.96 Å². The molecule has 1 saturated heterocycles. The molecule has 1 fully saturated rings. The highest BCUT2D eigenvalue weighted by atomic mass is 32.1. The second-order valence-corrected chi connectivity index (χ2v) is 6.28. The van der Waals surface area contributed by atoms with Crippen LogP contribution in [0.15, 0.2) is 16.4 Å². The van der Waals surface area contributed by atoms with Crippen LogP contribution in [0.4, 0.5) is 0 Å². The van der Waals surface area contributed by atoms with E-state index in [9.17, 15) is 9.59 Å². The number of rotatable bonds is 1. The molecule has 2 aromatic rings. The van der Waals surface area contributed by atoms with E-state index < -0.39 is 0 Å². The lowest BCUT2D eigenvalue weighted by Gasteiger charge is -2.30. The molecule has 20 heavy (non-hydrogen) atoms. The van der Waals surface area contributed by atoms with E-state index >= 15 is 0 Å². The number of piperidine rings is 1. The van der Waals surface area contributed by atoms with Gasteiger partial charge in [-0.15, -0.1) is 11.3 Å². The lowest BCUT2D eigenvalue weighted by Crippen LogP contribution is -2.40. The van der Waals surface area contributed by atoms with Gasteiger partial charge in [-0.3, -0.25) is 14.0 Å². The maximum atomic E-state index is 12.5. The minimum Gasteiger partial charge on any atom is -0.338 e. The Bertz CT molecular complexity index is 711. The summed E-state index contributed by atoms with van der Waals surface area (Å²) in [4.78, 5) is 31.6. The number of carbonyl (C=O) groups is 1. The molecule has 0 atom stereocenters. The van der Waals surface area contributed by atoms with E-state index in [2.05, 4.69) is 11.9 Å². The maximum absolute atomic E-state index is 12.5. The predicted molar refractivity (Wildman–Crippen MR) is 78.4 cm³/mol. The predicted octanol–water partition coefficient (Wildman–Crippen LogP) is 1.94. The standard InChI is InChI=1S/C14H17N3O2S/c1-9-3-5-16(6-4-9)12(18)11-7-15-14-17(13(11)19)10(2)8-20-14/h7-9H,3-6H2,1-2H3. The minimum absolute atomic E-state index is 0.179. The third-order valence-electron chi connectivity index (χ3n) is 3.92. The van der Waals surface area contributed by atoms with Gasteiger partial charge in [0.2, 0.25) is 0 Å². The molecule has 0 unspecified atom stereocenters. The molecule has 0 radical (unpaired) electrons. The first kappa shape index (κ1) is 13.3. The van der Waals surface area contributed by atoms with Gasteiger partial charge in [0, 0.05) is 30.4 Å². The topological polar surface area (TPSA) is 54.7 Å². The number of nitrogens with zero attached hydrogens (tertiary/aromatic N) is 3. The minimum atomic E-state index is -0.252. The molecule has 1 aliphatic heterocycles. The number of aromatic nitrogens is 2. The first-order valence-corrected chi connectivity index (χ1v) is 7.71. The fourth-order valence-electron chi connectivity index (χ4n) is 2.55. The molecule has 3 rings (SSSR count). The van der Waals surface area contributed by atoms with E-state index in [0.717, 1.165) is 31.6 Å². The Balaban J connectivity index is 1.98. The summed E-state index contributed by atoms with van der Waals surface area (Å²) in [6.45, 7) is 5.50. The smallest absolute Gasteiger partial charge is 0.271 e. The first-order valence-electron chi connectivity index (χ1n) is 6.83. The van der Waals surface area contributed by atoms with E-state index in [0.29, 0.717) is 10.9 Å². The maximum Gasteiger partial charge on any atom is 0.271 e. The SMILES string of the molecule is Cc1csc2ncc(C(=O)N3CCC(C)CC3)c(=O)n12. The molecular formula is C14H17N3O2S. The van der Waals surface area contributed by atoms with Gasteiger partial charge in [-0.2, -0.15) is 0 Å². The Morgan fingerprint density at radius 1 is 1.40 bits per heavy atom. The summed E-state index contributed by atoms with van der Waals surface area (Å²) in [6.07, 6.45) is 3.43. The van der Waals surface area contributed by atoms with Gasteiger partial charge in [0.1, 0.15) is 5.56 Å². The van der Waals surface area contributed by atoms with Crippen LogP contribution in [0, 0.1) is 12.8 Å². The van der Waals surface area contributed by atoms with Gasteiger partial charge in [0.15, 0.2) is 4.96 Å². The van der Waals surface area contributed by atoms with Gasteiger partial charge in [-0.25, -0.2) is 4.98 Å². The zero-order chi connectivity index (χ0) is 14.3. The van der Waals surface area contributed by atoms with Crippen LogP contribution >= 0.6 is 11.3 Å². The largest absolute Gasteiger partial charge is 0.338 e. The summed E-state index contributed by atoms with van der Waals surface area (Å²) in [6, 6.07) is 0. The van der Waals surface area contributed by atoms with Crippen molar-refractivity contribution in [1.82, 2.24) is 14.3 Å². The summed E-state index contributed by atoms with van der Waals surface area (Å²) in [5, 5.41) is 1.88. The highest BCUT2D eigenvalue weighted by Crippen LogP contribution is 2.18. The van der Waals surface area contributed by atoms with E-state index in [-0.39, 0.29) is 17.0 Å². The monoisotopic (exact) mass is 291 g/mol. The summed E-state index contributed by atoms with van der Waals surface area (Å²) in [7, 11) is 0. The molecule has 6 heteroatoms. The molecule has 1 aliphatic rings. The van der Waals surface area contributed by atoms with Crippen molar-refractivity contribution in [2.24, 2.45) is 5.92 Å². The average Bonchev–Trinajstić information content (AvgIpc) is 2.82. The van der Waals surface area contributed by atoms with Crippen LogP contribution in [0.3, 0.4) is 0 Å². The second-order valence-electron chi connectivity index (χ2n) is 5.45. The van der Waals surface area contributed by atoms with E-state index in [1.54, 1.807) is 4.90 Å². The van der Waals surface area contributed by atoms with Gasteiger partial charge in [-0.1, -0.05) is 6.92 Å². The molecule has 0 spiro atoms. The van der Waals surface area contributed by atoms with Crippen LogP contribution in [-0.2, 0) is 0 Å². The fraction of sp³-hybridized carbons (Fsp3) is 0.500. The highest BCUT2D eigenvalue weighted by molar-refractivity contribution is 7.15. The molecule has 3 heterocycles. The molecule has 0 N–H and O–H groups in total. The van der Waals surface area contributed by atoms with Crippen molar-refractivity contribution in [3.63, 3.8) is 0 Å². The van der Waals surface area contributed by atoms with Crippen molar-refractivity contribution >= 4 is 22.2 Å². The van der Waals surface area contributed by atoms with Crippen LogP contribution in [0.2, 0.25) is 0 Å². The zero-order valence-corrected chi connectivity index (χ0v) is 12.4. The van der Waals surface area contributed by atoms with Crippen LogP contribution < -0.4 is 5.56 Å². The van der Waals surface area contributed by atoms with Gasteiger partial charge in [0.05, 0.1) is 0 Å². The Morgan fingerprint density at radius 2 is 2.10 bits per heavy atom. The van der Waals surface area contributed by atoms with Crippen molar-refractivity contribution in [2.75, 3.05) is 13.1 Å². The number of hydrogen-bond donors (Lipinski definition) is 0. The van der Waals surface area contributed by atoms with Gasteiger partial charge in [-0.05, 0) is 25.7 Å². The lowest BCUT2D eigenvalue weighted by molar-refractivity contribution is 0.0695. The van der Waals surface area contributed by atoms with Gasteiger partial charge < -0.3 is 4.90 Å². The van der Waals surface area contributed by atoms with Crippen molar-refractivity contribution in [2.45, 2.75) is 26.7 Å². The van der Waals surface area contributed by atoms with Crippen molar-refractivity contribution in [3.8, 4) is 0 Å². The van der Waals surface area contributed by atoms with Crippen molar-refractivity contribution < 1.29 is 4.79 Å². The zero-order valence-electron chi connectivity index (χ0n) is 11.6. The number of amides is 1. The number of thiazole rings is 1. The van der Waals surface area contributed by atoms with Crippen molar-refractivity contribution in [3.05, 3.63) is 33.2 Å². The number of hydrogen-bond acceptors (Lipinski definition) is 4. The molecule has 0 aromatic carbocycles. The third-order valence-corrected chi connectivity index (χ3v) is 4.88. The highest BCUT2D eigenvalue weighted by Gasteiger charge is 2.24. The number of carbonyl (C=O) groups excluding carboxylic acids is 1. The first-order chi connectivity index (χ1) is 9.58. The molecule has 1 amide bonds. The molecule has 0 aliphatic carbocycles. The van der Waals surface area contributed by atoms with Crippen LogP contribution in [0.1, 0.15) is 35.8 Å². The summed E-state index contributed by atoms with van der Waals surface area (Å²) < 4.78 is 1.52. The number of likely N-dealkylation sites (tertiary alicyclic amines) is 1. The van der Waals surface area contributed by atoms with E-state index in [4.69, 9.17) is 0 Å². The van der Waals surface area contributed by atoms with Crippen LogP contribution in [-0.4, -0.2) is 33.3 Å². The Kier molecular flexibility index (Phi) is 3.33. The Hall–Kier alpha value is -1.69. The quantitative estimate of drug-likeness (QED) is 0.807. The molecule has 106 valence electrons. The van der Waals surface area contributed by atoms with E-state index in [1.807, 2.05) is 12.3 Å². The normalized spacial score (nSPS) is 16.8. The van der Waals surface area contributed by atoms with E-state index in [1.165, 1.54) is 21.9 Å². The summed E-state index contributed by atoms with van der Waals surface area (Å²) in [5.74, 6) is 0.467. The molecular weight excluding hydrogens is 274 g/mol. The molecule has 2 aromatic heterocycles. The lowest BCUT2D eigenvalue weighted by atomic mass is 9.99.